The van der Waals surface area contributed by atoms with Crippen LogP contribution < -0.4 is 0 Å². The summed E-state index contributed by atoms with van der Waals surface area (Å²) < 4.78 is 0. The lowest BCUT2D eigenvalue weighted by Crippen LogP contribution is -2.48. The van der Waals surface area contributed by atoms with Gasteiger partial charge in [0.05, 0.1) is 17.0 Å². The molecule has 2 N–H and O–H groups in total. The van der Waals surface area contributed by atoms with Gasteiger partial charge in [-0.15, -0.1) is 0 Å². The average Bonchev–Trinajstić information content (AvgIpc) is 3.08. The summed E-state index contributed by atoms with van der Waals surface area (Å²) in [4.78, 5) is 21.5. The number of carbonyl (C=O) groups excluding carboxylic acids is 1. The molecule has 3 aromatic carbocycles. The molecule has 5 heteroatoms. The molecule has 4 aromatic rings. The van der Waals surface area contributed by atoms with Crippen molar-refractivity contribution in [3.05, 3.63) is 73.1 Å². The first-order chi connectivity index (χ1) is 13.6. The van der Waals surface area contributed by atoms with Crippen molar-refractivity contribution in [3.63, 3.8) is 0 Å². The topological polar surface area (TPSA) is 69.2 Å². The Morgan fingerprint density at radius 3 is 2.82 bits per heavy atom. The highest BCUT2D eigenvalue weighted by molar-refractivity contribution is 5.99. The average molecular weight is 369 g/mol. The number of rotatable bonds is 3. The number of phenolic OH excluding ortho intramolecular Hbond substituents is 1. The molecule has 1 fully saturated rings. The predicted molar refractivity (Wildman–Crippen MR) is 110 cm³/mol. The number of aromatic amines is 1. The minimum absolute atomic E-state index is 0.0367. The van der Waals surface area contributed by atoms with E-state index in [0.717, 1.165) is 38.8 Å². The molecule has 1 aliphatic rings. The summed E-state index contributed by atoms with van der Waals surface area (Å²) >= 11 is 0. The Hall–Kier alpha value is -3.60. The summed E-state index contributed by atoms with van der Waals surface area (Å²) in [5.41, 5.74) is 3.86. The van der Waals surface area contributed by atoms with Gasteiger partial charge in [0.2, 0.25) is 5.91 Å². The summed E-state index contributed by atoms with van der Waals surface area (Å²) in [5.74, 6) is 1.34. The van der Waals surface area contributed by atoms with Crippen LogP contribution in [0.3, 0.4) is 0 Å². The van der Waals surface area contributed by atoms with Crippen molar-refractivity contribution in [3.8, 4) is 16.9 Å². The largest absolute Gasteiger partial charge is 0.508 e. The number of nitrogens with zero attached hydrogens (tertiary/aromatic N) is 2. The maximum Gasteiger partial charge on any atom is 0.246 e. The first kappa shape index (κ1) is 16.6. The summed E-state index contributed by atoms with van der Waals surface area (Å²) in [5, 5.41) is 12.2. The highest BCUT2D eigenvalue weighted by atomic mass is 16.3. The van der Waals surface area contributed by atoms with Gasteiger partial charge in [0.1, 0.15) is 11.6 Å². The van der Waals surface area contributed by atoms with E-state index in [-0.39, 0.29) is 17.6 Å². The molecular weight excluding hydrogens is 350 g/mol. The van der Waals surface area contributed by atoms with Gasteiger partial charge in [-0.2, -0.15) is 0 Å². The number of aromatic nitrogens is 2. The fraction of sp³-hybridized carbons (Fsp3) is 0.130. The standard InChI is InChI=1S/C23H19N3O2/c1-2-22(28)26-12-16(13-26)23-24-20-8-7-15(10-21(20)25-23)19-11-17(27)9-14-5-3-4-6-18(14)19/h2-11,16,27H,1,12-13H2,(H,24,25). The molecule has 28 heavy (non-hydrogen) atoms. The molecule has 1 aromatic heterocycles. The number of aromatic hydroxyl groups is 1. The fourth-order valence-electron chi connectivity index (χ4n) is 3.88. The molecule has 1 aliphatic heterocycles. The number of hydrogen-bond acceptors (Lipinski definition) is 3. The molecule has 0 saturated carbocycles. The van der Waals surface area contributed by atoms with Crippen LogP contribution in [-0.2, 0) is 4.79 Å². The molecule has 1 saturated heterocycles. The van der Waals surface area contributed by atoms with E-state index < -0.39 is 0 Å². The van der Waals surface area contributed by atoms with Crippen molar-refractivity contribution in [2.24, 2.45) is 0 Å². The zero-order valence-corrected chi connectivity index (χ0v) is 15.2. The lowest BCUT2D eigenvalue weighted by Gasteiger charge is -2.37. The number of phenols is 1. The molecule has 2 heterocycles. The molecule has 0 radical (unpaired) electrons. The van der Waals surface area contributed by atoms with Gasteiger partial charge in [-0.05, 0) is 52.2 Å². The Labute approximate surface area is 161 Å². The maximum absolute atomic E-state index is 11.6. The van der Waals surface area contributed by atoms with Crippen LogP contribution in [0.25, 0.3) is 32.9 Å². The molecule has 5 rings (SSSR count). The summed E-state index contributed by atoms with van der Waals surface area (Å²) in [6.45, 7) is 4.85. The number of benzene rings is 3. The van der Waals surface area contributed by atoms with E-state index in [9.17, 15) is 9.90 Å². The zero-order chi connectivity index (χ0) is 19.3. The number of nitrogens with one attached hydrogen (secondary N) is 1. The molecule has 0 aliphatic carbocycles. The van der Waals surface area contributed by atoms with Crippen LogP contribution in [0.1, 0.15) is 11.7 Å². The van der Waals surface area contributed by atoms with Crippen molar-refractivity contribution in [2.75, 3.05) is 13.1 Å². The van der Waals surface area contributed by atoms with Crippen LogP contribution in [0, 0.1) is 0 Å². The van der Waals surface area contributed by atoms with Gasteiger partial charge in [-0.25, -0.2) is 4.98 Å². The Morgan fingerprint density at radius 1 is 1.18 bits per heavy atom. The fourth-order valence-corrected chi connectivity index (χ4v) is 3.88. The highest BCUT2D eigenvalue weighted by Gasteiger charge is 2.32. The Kier molecular flexibility index (Phi) is 3.69. The molecular formula is C23H19N3O2. The normalized spacial score (nSPS) is 14.4. The van der Waals surface area contributed by atoms with Gasteiger partial charge in [0.25, 0.3) is 0 Å². The second-order valence-corrected chi connectivity index (χ2v) is 7.21. The van der Waals surface area contributed by atoms with Gasteiger partial charge in [0.15, 0.2) is 0 Å². The highest BCUT2D eigenvalue weighted by Crippen LogP contribution is 2.34. The van der Waals surface area contributed by atoms with Crippen molar-refractivity contribution < 1.29 is 9.90 Å². The van der Waals surface area contributed by atoms with Crippen LogP contribution in [0.2, 0.25) is 0 Å². The zero-order valence-electron chi connectivity index (χ0n) is 15.2. The van der Waals surface area contributed by atoms with E-state index in [1.54, 1.807) is 17.0 Å². The Morgan fingerprint density at radius 2 is 2.00 bits per heavy atom. The van der Waals surface area contributed by atoms with Crippen molar-refractivity contribution in [1.82, 2.24) is 14.9 Å². The third-order valence-electron chi connectivity index (χ3n) is 5.41. The second-order valence-electron chi connectivity index (χ2n) is 7.21. The minimum atomic E-state index is -0.0367. The molecule has 0 bridgehead atoms. The summed E-state index contributed by atoms with van der Waals surface area (Å²) in [6.07, 6.45) is 1.35. The lowest BCUT2D eigenvalue weighted by molar-refractivity contribution is -0.130. The lowest BCUT2D eigenvalue weighted by atomic mass is 9.97. The van der Waals surface area contributed by atoms with E-state index in [2.05, 4.69) is 23.7 Å². The smallest absolute Gasteiger partial charge is 0.246 e. The van der Waals surface area contributed by atoms with Crippen LogP contribution >= 0.6 is 0 Å². The van der Waals surface area contributed by atoms with Gasteiger partial charge < -0.3 is 15.0 Å². The van der Waals surface area contributed by atoms with Crippen LogP contribution in [-0.4, -0.2) is 39.0 Å². The number of imidazole rings is 1. The van der Waals surface area contributed by atoms with Gasteiger partial charge in [-0.1, -0.05) is 36.9 Å². The Bertz CT molecular complexity index is 1240. The third-order valence-corrected chi connectivity index (χ3v) is 5.41. The SMILES string of the molecule is C=CC(=O)N1CC(c2nc3ccc(-c4cc(O)cc5ccccc45)cc3[nH]2)C1. The quantitative estimate of drug-likeness (QED) is 0.532. The molecule has 0 unspecified atom stereocenters. The monoisotopic (exact) mass is 369 g/mol. The first-order valence-corrected chi connectivity index (χ1v) is 9.25. The van der Waals surface area contributed by atoms with Gasteiger partial charge >= 0.3 is 0 Å². The molecule has 1 amide bonds. The number of likely N-dealkylation sites (tertiary alicyclic amines) is 1. The van der Waals surface area contributed by atoms with Crippen LogP contribution in [0.4, 0.5) is 0 Å². The third kappa shape index (κ3) is 2.63. The number of fused-ring (bicyclic) bond motifs is 2. The number of carbonyl (C=O) groups is 1. The van der Waals surface area contributed by atoms with Crippen molar-refractivity contribution in [2.45, 2.75) is 5.92 Å². The summed E-state index contributed by atoms with van der Waals surface area (Å²) in [7, 11) is 0. The number of H-pyrrole nitrogens is 1. The van der Waals surface area contributed by atoms with Crippen molar-refractivity contribution >= 4 is 27.7 Å². The summed E-state index contributed by atoms with van der Waals surface area (Å²) in [6, 6.07) is 17.7. The number of amides is 1. The molecule has 5 nitrogen and oxygen atoms in total. The van der Waals surface area contributed by atoms with Gasteiger partial charge in [-0.3, -0.25) is 4.79 Å². The molecule has 0 spiro atoms. The molecule has 0 atom stereocenters. The van der Waals surface area contributed by atoms with Crippen molar-refractivity contribution in [1.29, 1.82) is 0 Å². The van der Waals surface area contributed by atoms with Gasteiger partial charge in [0, 0.05) is 13.1 Å². The minimum Gasteiger partial charge on any atom is -0.508 e. The van der Waals surface area contributed by atoms with Crippen LogP contribution in [0.15, 0.2) is 67.3 Å². The Balaban J connectivity index is 1.52. The van der Waals surface area contributed by atoms with E-state index in [1.807, 2.05) is 30.3 Å². The van der Waals surface area contributed by atoms with E-state index in [4.69, 9.17) is 4.98 Å². The number of hydrogen-bond donors (Lipinski definition) is 2. The molecule has 138 valence electrons. The van der Waals surface area contributed by atoms with E-state index in [0.29, 0.717) is 13.1 Å². The van der Waals surface area contributed by atoms with E-state index >= 15 is 0 Å². The maximum atomic E-state index is 11.6. The predicted octanol–water partition coefficient (Wildman–Crippen LogP) is 4.20. The van der Waals surface area contributed by atoms with Crippen LogP contribution in [0.5, 0.6) is 5.75 Å². The first-order valence-electron chi connectivity index (χ1n) is 9.25. The van der Waals surface area contributed by atoms with E-state index in [1.165, 1.54) is 6.08 Å². The second kappa shape index (κ2) is 6.23.